The number of piperazine rings is 1. The highest BCUT2D eigenvalue weighted by molar-refractivity contribution is 7.97. The van der Waals surface area contributed by atoms with Gasteiger partial charge in [-0.05, 0) is 41.6 Å². The first kappa shape index (κ1) is 19.7. The van der Waals surface area contributed by atoms with Gasteiger partial charge in [-0.1, -0.05) is 18.2 Å². The number of ether oxygens (including phenoxy) is 1. The Kier molecular flexibility index (Phi) is 6.74. The highest BCUT2D eigenvalue weighted by Gasteiger charge is 2.22. The van der Waals surface area contributed by atoms with Crippen LogP contribution in [-0.2, 0) is 12.3 Å². The topological polar surface area (TPSA) is 32.8 Å². The van der Waals surface area contributed by atoms with Crippen LogP contribution in [0.5, 0.6) is 5.75 Å². The van der Waals surface area contributed by atoms with E-state index in [1.165, 1.54) is 18.7 Å². The molecule has 1 heterocycles. The number of thioether (sulfide) groups is 1. The van der Waals surface area contributed by atoms with Crippen LogP contribution in [-0.4, -0.2) is 55.3 Å². The number of halogens is 1. The van der Waals surface area contributed by atoms with E-state index in [0.29, 0.717) is 19.6 Å². The van der Waals surface area contributed by atoms with E-state index in [1.807, 2.05) is 35.2 Å². The maximum Gasteiger partial charge on any atom is 0.253 e. The Hall–Kier alpha value is -2.05. The fraction of sp³-hybridized carbons (Fsp3) is 0.381. The van der Waals surface area contributed by atoms with Crippen molar-refractivity contribution in [3.05, 3.63) is 65.0 Å². The van der Waals surface area contributed by atoms with Gasteiger partial charge >= 0.3 is 0 Å². The fourth-order valence-corrected chi connectivity index (χ4v) is 3.79. The lowest BCUT2D eigenvalue weighted by atomic mass is 10.1. The zero-order valence-electron chi connectivity index (χ0n) is 15.8. The zero-order valence-corrected chi connectivity index (χ0v) is 16.6. The molecule has 1 amide bonds. The van der Waals surface area contributed by atoms with Crippen molar-refractivity contribution in [2.75, 3.05) is 39.5 Å². The van der Waals surface area contributed by atoms with Crippen LogP contribution in [0.25, 0.3) is 0 Å². The first-order valence-electron chi connectivity index (χ1n) is 9.02. The molecule has 1 saturated heterocycles. The van der Waals surface area contributed by atoms with Crippen molar-refractivity contribution in [1.82, 2.24) is 9.80 Å². The quantitative estimate of drug-likeness (QED) is 0.756. The van der Waals surface area contributed by atoms with Crippen LogP contribution in [0.1, 0.15) is 21.5 Å². The normalized spacial score (nSPS) is 15.0. The van der Waals surface area contributed by atoms with Crippen molar-refractivity contribution in [2.45, 2.75) is 12.3 Å². The molecule has 0 spiro atoms. The van der Waals surface area contributed by atoms with Crippen molar-refractivity contribution in [1.29, 1.82) is 0 Å². The van der Waals surface area contributed by atoms with E-state index in [1.54, 1.807) is 17.8 Å². The Labute approximate surface area is 164 Å². The van der Waals surface area contributed by atoms with E-state index in [4.69, 9.17) is 4.74 Å². The van der Waals surface area contributed by atoms with E-state index in [9.17, 15) is 9.18 Å². The summed E-state index contributed by atoms with van der Waals surface area (Å²) < 4.78 is 18.8. The van der Waals surface area contributed by atoms with Crippen LogP contribution >= 0.6 is 11.8 Å². The van der Waals surface area contributed by atoms with Gasteiger partial charge in [0.05, 0.1) is 7.11 Å². The number of amides is 1. The van der Waals surface area contributed by atoms with Crippen LogP contribution < -0.4 is 4.74 Å². The number of hydrogen-bond donors (Lipinski definition) is 0. The minimum atomic E-state index is -0.339. The van der Waals surface area contributed by atoms with Crippen LogP contribution in [0, 0.1) is 5.82 Å². The van der Waals surface area contributed by atoms with Crippen LogP contribution in [0.4, 0.5) is 4.39 Å². The Morgan fingerprint density at radius 3 is 2.33 bits per heavy atom. The molecule has 1 aliphatic rings. The number of carbonyl (C=O) groups is 1. The molecule has 0 unspecified atom stereocenters. The molecule has 144 valence electrons. The van der Waals surface area contributed by atoms with Gasteiger partial charge in [-0.25, -0.2) is 4.39 Å². The summed E-state index contributed by atoms with van der Waals surface area (Å²) >= 11 is 1.77. The summed E-state index contributed by atoms with van der Waals surface area (Å²) in [6, 6.07) is 12.9. The molecule has 2 aromatic carbocycles. The van der Waals surface area contributed by atoms with Gasteiger partial charge in [0.15, 0.2) is 11.6 Å². The van der Waals surface area contributed by atoms with E-state index in [2.05, 4.69) is 11.2 Å². The molecule has 1 fully saturated rings. The van der Waals surface area contributed by atoms with E-state index < -0.39 is 0 Å². The molecule has 0 radical (unpaired) electrons. The predicted octanol–water partition coefficient (Wildman–Crippen LogP) is 3.66. The molecule has 1 aliphatic heterocycles. The molecule has 0 aromatic heterocycles. The van der Waals surface area contributed by atoms with E-state index >= 15 is 0 Å². The lowest BCUT2D eigenvalue weighted by Gasteiger charge is -2.34. The molecular formula is C21H25FN2O2S. The number of benzene rings is 2. The SMILES string of the molecule is COc1ccc(CN2CCN(C(=O)c3ccc(CSC)cc3)CC2)cc1F. The largest absolute Gasteiger partial charge is 0.494 e. The monoisotopic (exact) mass is 388 g/mol. The zero-order chi connectivity index (χ0) is 19.2. The number of rotatable bonds is 6. The first-order valence-corrected chi connectivity index (χ1v) is 10.4. The third-order valence-electron chi connectivity index (χ3n) is 4.79. The molecule has 0 aliphatic carbocycles. The predicted molar refractivity (Wildman–Crippen MR) is 108 cm³/mol. The number of methoxy groups -OCH3 is 1. The Balaban J connectivity index is 1.53. The van der Waals surface area contributed by atoms with Gasteiger partial charge in [0, 0.05) is 44.0 Å². The lowest BCUT2D eigenvalue weighted by Crippen LogP contribution is -2.48. The second-order valence-electron chi connectivity index (χ2n) is 6.67. The average molecular weight is 389 g/mol. The second kappa shape index (κ2) is 9.24. The maximum atomic E-state index is 13.8. The number of nitrogens with zero attached hydrogens (tertiary/aromatic N) is 2. The smallest absolute Gasteiger partial charge is 0.253 e. The maximum absolute atomic E-state index is 13.8. The summed E-state index contributed by atoms with van der Waals surface area (Å²) in [5.41, 5.74) is 2.89. The van der Waals surface area contributed by atoms with Crippen LogP contribution in [0.2, 0.25) is 0 Å². The minimum absolute atomic E-state index is 0.0841. The van der Waals surface area contributed by atoms with E-state index in [0.717, 1.165) is 30.0 Å². The van der Waals surface area contributed by atoms with Crippen LogP contribution in [0.15, 0.2) is 42.5 Å². The van der Waals surface area contributed by atoms with Gasteiger partial charge in [0.1, 0.15) is 0 Å². The Bertz CT molecular complexity index is 774. The van der Waals surface area contributed by atoms with Gasteiger partial charge in [0.25, 0.3) is 5.91 Å². The molecule has 27 heavy (non-hydrogen) atoms. The first-order chi connectivity index (χ1) is 13.1. The minimum Gasteiger partial charge on any atom is -0.494 e. The molecule has 0 saturated carbocycles. The summed E-state index contributed by atoms with van der Waals surface area (Å²) in [5.74, 6) is 0.964. The second-order valence-corrected chi connectivity index (χ2v) is 7.53. The van der Waals surface area contributed by atoms with Crippen molar-refractivity contribution >= 4 is 17.7 Å². The molecule has 0 atom stereocenters. The van der Waals surface area contributed by atoms with Crippen LogP contribution in [0.3, 0.4) is 0 Å². The van der Waals surface area contributed by atoms with Crippen molar-refractivity contribution in [3.63, 3.8) is 0 Å². The molecule has 3 rings (SSSR count). The average Bonchev–Trinajstić information content (AvgIpc) is 2.69. The Morgan fingerprint density at radius 1 is 1.07 bits per heavy atom. The summed E-state index contributed by atoms with van der Waals surface area (Å²) in [4.78, 5) is 16.8. The van der Waals surface area contributed by atoms with Crippen molar-refractivity contribution in [2.24, 2.45) is 0 Å². The van der Waals surface area contributed by atoms with Gasteiger partial charge in [0.2, 0.25) is 0 Å². The summed E-state index contributed by atoms with van der Waals surface area (Å²) in [6.45, 7) is 3.61. The highest BCUT2D eigenvalue weighted by Crippen LogP contribution is 2.19. The van der Waals surface area contributed by atoms with Crippen molar-refractivity contribution in [3.8, 4) is 5.75 Å². The van der Waals surface area contributed by atoms with Gasteiger partial charge in [-0.3, -0.25) is 9.69 Å². The summed E-state index contributed by atoms with van der Waals surface area (Å²) in [6.07, 6.45) is 2.07. The summed E-state index contributed by atoms with van der Waals surface area (Å²) in [5, 5.41) is 0. The molecule has 0 bridgehead atoms. The van der Waals surface area contributed by atoms with E-state index in [-0.39, 0.29) is 17.5 Å². The molecule has 2 aromatic rings. The number of carbonyl (C=O) groups excluding carboxylic acids is 1. The fourth-order valence-electron chi connectivity index (χ4n) is 3.27. The standard InChI is InChI=1S/C21H25FN2O2S/c1-26-20-8-5-17(13-19(20)22)14-23-9-11-24(12-10-23)21(25)18-6-3-16(4-7-18)15-27-2/h3-8,13H,9-12,14-15H2,1-2H3. The number of hydrogen-bond acceptors (Lipinski definition) is 4. The molecule has 6 heteroatoms. The lowest BCUT2D eigenvalue weighted by molar-refractivity contribution is 0.0628. The third kappa shape index (κ3) is 5.02. The molecule has 0 N–H and O–H groups in total. The third-order valence-corrected chi connectivity index (χ3v) is 5.42. The van der Waals surface area contributed by atoms with Gasteiger partial charge in [-0.15, -0.1) is 0 Å². The van der Waals surface area contributed by atoms with Gasteiger partial charge in [-0.2, -0.15) is 11.8 Å². The van der Waals surface area contributed by atoms with Gasteiger partial charge < -0.3 is 9.64 Å². The summed E-state index contributed by atoms with van der Waals surface area (Å²) in [7, 11) is 1.46. The Morgan fingerprint density at radius 2 is 1.74 bits per heavy atom. The molecule has 4 nitrogen and oxygen atoms in total. The molecular weight excluding hydrogens is 363 g/mol. The highest BCUT2D eigenvalue weighted by atomic mass is 32.2. The van der Waals surface area contributed by atoms with Crippen molar-refractivity contribution < 1.29 is 13.9 Å².